The lowest BCUT2D eigenvalue weighted by Gasteiger charge is -2.31. The summed E-state index contributed by atoms with van der Waals surface area (Å²) in [6.07, 6.45) is 11.7. The Hall–Kier alpha value is -6.01. The van der Waals surface area contributed by atoms with E-state index in [2.05, 4.69) is 74.0 Å². The molecular weight excluding hydrogens is 719 g/mol. The summed E-state index contributed by atoms with van der Waals surface area (Å²) in [5.74, 6) is 4.56. The standard InChI is InChI=1S/C44H43N9O2S/c1-27-9-15-39(54-27)46-36-23-30(52-17-5-3-6-18-52)11-13-32(36)34-21-29-22-35(49-44-41(29)43(48-34)50-42(51-44)38-25-56-26-45-38)33-14-12-31(53-19-7-4-8-20-53)24-37(33)47-40-16-10-28(2)55-40/h9-16,21-26,41,46-47H,3-8,17-20H2,1-2H3. The summed E-state index contributed by atoms with van der Waals surface area (Å²) < 4.78 is 12.0. The molecule has 3 aromatic heterocycles. The van der Waals surface area contributed by atoms with Crippen LogP contribution in [-0.2, 0) is 0 Å². The molecule has 282 valence electrons. The Balaban J connectivity index is 1.10. The zero-order valence-electron chi connectivity index (χ0n) is 31.6. The molecule has 0 aliphatic carbocycles. The fourth-order valence-electron chi connectivity index (χ4n) is 8.20. The summed E-state index contributed by atoms with van der Waals surface area (Å²) in [7, 11) is 0. The minimum Gasteiger partial charge on any atom is -0.446 e. The summed E-state index contributed by atoms with van der Waals surface area (Å²) in [5, 5.41) is 9.15. The van der Waals surface area contributed by atoms with Crippen molar-refractivity contribution in [1.29, 1.82) is 0 Å². The molecule has 0 spiro atoms. The Morgan fingerprint density at radius 2 is 1.25 bits per heavy atom. The highest BCUT2D eigenvalue weighted by atomic mass is 32.1. The number of furan rings is 2. The van der Waals surface area contributed by atoms with Crippen LogP contribution >= 0.6 is 11.3 Å². The number of hydrogen-bond donors (Lipinski definition) is 2. The van der Waals surface area contributed by atoms with Crippen molar-refractivity contribution in [2.45, 2.75) is 52.4 Å². The molecule has 5 aliphatic heterocycles. The van der Waals surface area contributed by atoms with Crippen LogP contribution in [0.1, 0.15) is 66.9 Å². The molecule has 5 aromatic rings. The molecule has 2 saturated heterocycles. The number of nitrogens with zero attached hydrogens (tertiary/aromatic N) is 7. The largest absolute Gasteiger partial charge is 0.446 e. The van der Waals surface area contributed by atoms with Crippen LogP contribution < -0.4 is 20.4 Å². The third-order valence-corrected chi connectivity index (χ3v) is 11.6. The van der Waals surface area contributed by atoms with E-state index in [0.29, 0.717) is 35.0 Å². The van der Waals surface area contributed by atoms with Crippen molar-refractivity contribution in [2.75, 3.05) is 46.6 Å². The van der Waals surface area contributed by atoms with Gasteiger partial charge in [-0.25, -0.2) is 25.0 Å². The third-order valence-electron chi connectivity index (χ3n) is 11.0. The first-order valence-electron chi connectivity index (χ1n) is 19.6. The van der Waals surface area contributed by atoms with Gasteiger partial charge in [-0.2, -0.15) is 0 Å². The number of nitrogens with one attached hydrogen (secondary N) is 2. The Morgan fingerprint density at radius 1 is 0.643 bits per heavy atom. The van der Waals surface area contributed by atoms with Crippen LogP contribution in [-0.4, -0.2) is 54.4 Å². The average Bonchev–Trinajstić information content (AvgIpc) is 4.01. The van der Waals surface area contributed by atoms with Crippen LogP contribution in [0.3, 0.4) is 0 Å². The van der Waals surface area contributed by atoms with Gasteiger partial charge in [-0.1, -0.05) is 0 Å². The van der Waals surface area contributed by atoms with Gasteiger partial charge < -0.3 is 29.3 Å². The molecule has 2 N–H and O–H groups in total. The number of anilines is 6. The normalized spacial score (nSPS) is 19.3. The number of dihydropyridines is 1. The fraction of sp³-hybridized carbons (Fsp3) is 0.295. The molecule has 10 rings (SSSR count). The molecule has 11 nitrogen and oxygen atoms in total. The van der Waals surface area contributed by atoms with E-state index in [1.54, 1.807) is 5.51 Å². The molecule has 1 atom stereocenters. The van der Waals surface area contributed by atoms with Gasteiger partial charge in [0, 0.05) is 66.2 Å². The Labute approximate surface area is 330 Å². The molecular formula is C44H43N9O2S. The summed E-state index contributed by atoms with van der Waals surface area (Å²) in [6.45, 7) is 8.10. The van der Waals surface area contributed by atoms with Crippen LogP contribution in [0.25, 0.3) is 5.70 Å². The number of allylic oxidation sites excluding steroid dienone is 2. The van der Waals surface area contributed by atoms with Gasteiger partial charge in [-0.05, 0) is 119 Å². The fourth-order valence-corrected chi connectivity index (χ4v) is 8.73. The zero-order chi connectivity index (χ0) is 37.6. The highest BCUT2D eigenvalue weighted by molar-refractivity contribution is 7.07. The first kappa shape index (κ1) is 34.5. The zero-order valence-corrected chi connectivity index (χ0v) is 32.4. The van der Waals surface area contributed by atoms with E-state index in [9.17, 15) is 0 Å². The van der Waals surface area contributed by atoms with E-state index in [1.165, 1.54) is 61.2 Å². The van der Waals surface area contributed by atoms with Gasteiger partial charge in [-0.15, -0.1) is 11.3 Å². The number of rotatable bonds is 9. The van der Waals surface area contributed by atoms with Crippen LogP contribution in [0.4, 0.5) is 34.5 Å². The van der Waals surface area contributed by atoms with Crippen LogP contribution in [0.2, 0.25) is 0 Å². The predicted molar refractivity (Wildman–Crippen MR) is 228 cm³/mol. The molecule has 5 aliphatic rings. The minimum atomic E-state index is -0.307. The molecule has 1 unspecified atom stereocenters. The number of benzene rings is 2. The second-order valence-electron chi connectivity index (χ2n) is 15.0. The van der Waals surface area contributed by atoms with Crippen LogP contribution in [0.5, 0.6) is 0 Å². The highest BCUT2D eigenvalue weighted by Gasteiger charge is 2.37. The number of hydrogen-bond acceptors (Lipinski definition) is 12. The minimum absolute atomic E-state index is 0.307. The van der Waals surface area contributed by atoms with Crippen molar-refractivity contribution in [3.63, 3.8) is 0 Å². The van der Waals surface area contributed by atoms with Gasteiger partial charge in [0.05, 0.1) is 28.3 Å². The summed E-state index contributed by atoms with van der Waals surface area (Å²) in [4.78, 5) is 30.1. The number of amidine groups is 3. The third kappa shape index (κ3) is 6.78. The lowest BCUT2D eigenvalue weighted by molar-refractivity contribution is 0.550. The smallest absolute Gasteiger partial charge is 0.197 e. The van der Waals surface area contributed by atoms with E-state index in [1.807, 2.05) is 43.5 Å². The molecule has 2 fully saturated rings. The maximum Gasteiger partial charge on any atom is 0.197 e. The second kappa shape index (κ2) is 14.6. The SMILES string of the molecule is Cc1ccc(Nc2cc(N3CCCCC3)ccc2C2=CC3=CC(c4ccc(N5CCCCC5)cc4Nc4ccc(C)o4)=NC4=NC(c5cscn5)=NC(=N2)C34)o1. The molecule has 0 saturated carbocycles. The first-order valence-corrected chi connectivity index (χ1v) is 20.6. The summed E-state index contributed by atoms with van der Waals surface area (Å²) >= 11 is 1.51. The molecule has 0 amide bonds. The molecule has 0 radical (unpaired) electrons. The number of aromatic nitrogens is 1. The van der Waals surface area contributed by atoms with E-state index < -0.39 is 0 Å². The maximum atomic E-state index is 6.02. The molecule has 8 heterocycles. The Morgan fingerprint density at radius 3 is 1.84 bits per heavy atom. The molecule has 56 heavy (non-hydrogen) atoms. The Kier molecular flexibility index (Phi) is 8.97. The number of thiazole rings is 1. The monoisotopic (exact) mass is 761 g/mol. The van der Waals surface area contributed by atoms with Crippen molar-refractivity contribution in [3.8, 4) is 0 Å². The van der Waals surface area contributed by atoms with Crippen LogP contribution in [0, 0.1) is 19.8 Å². The maximum absolute atomic E-state index is 6.02. The van der Waals surface area contributed by atoms with Gasteiger partial charge in [-0.3, -0.25) is 0 Å². The topological polar surface area (TPSA) is 119 Å². The molecule has 0 bridgehead atoms. The van der Waals surface area contributed by atoms with E-state index in [0.717, 1.165) is 77.2 Å². The van der Waals surface area contributed by atoms with Gasteiger partial charge in [0.15, 0.2) is 17.6 Å². The highest BCUT2D eigenvalue weighted by Crippen LogP contribution is 2.41. The van der Waals surface area contributed by atoms with Crippen molar-refractivity contribution in [3.05, 3.63) is 118 Å². The number of aliphatic imine (C=N–C) groups is 4. The number of piperidine rings is 2. The van der Waals surface area contributed by atoms with Crippen molar-refractivity contribution < 1.29 is 8.83 Å². The van der Waals surface area contributed by atoms with Crippen molar-refractivity contribution in [2.24, 2.45) is 25.9 Å². The van der Waals surface area contributed by atoms with Gasteiger partial charge in [0.1, 0.15) is 34.8 Å². The van der Waals surface area contributed by atoms with E-state index >= 15 is 0 Å². The molecule has 2 aromatic carbocycles. The average molecular weight is 762 g/mol. The van der Waals surface area contributed by atoms with Crippen LogP contribution in [0.15, 0.2) is 118 Å². The van der Waals surface area contributed by atoms with E-state index in [-0.39, 0.29) is 5.92 Å². The Bertz CT molecular complexity index is 2380. The first-order chi connectivity index (χ1) is 27.5. The quantitative estimate of drug-likeness (QED) is 0.153. The molecule has 12 heteroatoms. The second-order valence-corrected chi connectivity index (χ2v) is 15.7. The van der Waals surface area contributed by atoms with Crippen molar-refractivity contribution in [1.82, 2.24) is 4.98 Å². The lowest BCUT2D eigenvalue weighted by Crippen LogP contribution is -2.34. The van der Waals surface area contributed by atoms with E-state index in [4.69, 9.17) is 28.8 Å². The van der Waals surface area contributed by atoms with Gasteiger partial charge in [0.25, 0.3) is 0 Å². The lowest BCUT2D eigenvalue weighted by atomic mass is 9.86. The van der Waals surface area contributed by atoms with Gasteiger partial charge in [0.2, 0.25) is 0 Å². The van der Waals surface area contributed by atoms with Gasteiger partial charge >= 0.3 is 0 Å². The van der Waals surface area contributed by atoms with Crippen molar-refractivity contribution >= 4 is 74.8 Å². The predicted octanol–water partition coefficient (Wildman–Crippen LogP) is 10.1. The number of aryl methyl sites for hydroxylation is 2. The summed E-state index contributed by atoms with van der Waals surface area (Å²) in [6, 6.07) is 21.1. The summed E-state index contributed by atoms with van der Waals surface area (Å²) in [5.41, 5.74) is 11.2.